The molecule has 1 aromatic carbocycles. The fourth-order valence-electron chi connectivity index (χ4n) is 3.13. The summed E-state index contributed by atoms with van der Waals surface area (Å²) < 4.78 is 1.87. The summed E-state index contributed by atoms with van der Waals surface area (Å²) >= 11 is 0. The molecular formula is C22H27N5O2. The lowest BCUT2D eigenvalue weighted by Crippen LogP contribution is -2.34. The highest BCUT2D eigenvalue weighted by atomic mass is 16.2. The molecule has 7 heteroatoms. The number of nitrogens with zero attached hydrogens (tertiary/aromatic N) is 3. The van der Waals surface area contributed by atoms with Crippen LogP contribution in [0.3, 0.4) is 0 Å². The lowest BCUT2D eigenvalue weighted by molar-refractivity contribution is 0.0948. The molecule has 2 N–H and O–H groups in total. The van der Waals surface area contributed by atoms with Gasteiger partial charge in [-0.1, -0.05) is 13.8 Å². The lowest BCUT2D eigenvalue weighted by Gasteiger charge is -2.18. The van der Waals surface area contributed by atoms with Crippen molar-refractivity contribution in [2.45, 2.75) is 20.8 Å². The first kappa shape index (κ1) is 20.5. The van der Waals surface area contributed by atoms with Crippen LogP contribution in [-0.2, 0) is 0 Å². The maximum atomic E-state index is 12.5. The molecule has 0 fully saturated rings. The fraction of sp³-hybridized carbons (Fsp3) is 0.318. The standard InChI is InChI=1S/C22H27N5O2/c1-4-26(5-2)13-11-23-21(28)17-6-8-19(9-7-17)25-22(29)18-10-12-27-15-16(3)24-20(27)14-18/h6-10,12,14-15H,4-5,11,13H2,1-3H3,(H,23,28)(H,25,29). The van der Waals surface area contributed by atoms with Gasteiger partial charge in [0.1, 0.15) is 5.65 Å². The first-order valence-corrected chi connectivity index (χ1v) is 9.87. The Bertz CT molecular complexity index is 990. The zero-order chi connectivity index (χ0) is 20.8. The van der Waals surface area contributed by atoms with E-state index >= 15 is 0 Å². The first-order valence-electron chi connectivity index (χ1n) is 9.87. The van der Waals surface area contributed by atoms with Gasteiger partial charge in [-0.15, -0.1) is 0 Å². The second kappa shape index (κ2) is 9.34. The lowest BCUT2D eigenvalue weighted by atomic mass is 10.2. The molecule has 0 saturated heterocycles. The first-order chi connectivity index (χ1) is 14.0. The van der Waals surface area contributed by atoms with E-state index in [2.05, 4.69) is 34.4 Å². The predicted molar refractivity (Wildman–Crippen MR) is 114 cm³/mol. The normalized spacial score (nSPS) is 11.0. The Hall–Kier alpha value is -3.19. The number of hydrogen-bond donors (Lipinski definition) is 2. The molecule has 2 aromatic heterocycles. The molecule has 3 rings (SSSR count). The average Bonchev–Trinajstić information content (AvgIpc) is 3.10. The van der Waals surface area contributed by atoms with E-state index in [0.29, 0.717) is 23.4 Å². The molecule has 29 heavy (non-hydrogen) atoms. The van der Waals surface area contributed by atoms with E-state index < -0.39 is 0 Å². The quantitative estimate of drug-likeness (QED) is 0.617. The Morgan fingerprint density at radius 3 is 2.45 bits per heavy atom. The van der Waals surface area contributed by atoms with Gasteiger partial charge in [-0.2, -0.15) is 0 Å². The van der Waals surface area contributed by atoms with Gasteiger partial charge >= 0.3 is 0 Å². The third kappa shape index (κ3) is 5.20. The van der Waals surface area contributed by atoms with Crippen LogP contribution in [0.4, 0.5) is 5.69 Å². The third-order valence-electron chi connectivity index (χ3n) is 4.86. The van der Waals surface area contributed by atoms with Crippen molar-refractivity contribution in [1.29, 1.82) is 0 Å². The maximum Gasteiger partial charge on any atom is 0.255 e. The molecule has 7 nitrogen and oxygen atoms in total. The number of carbonyl (C=O) groups is 2. The Morgan fingerprint density at radius 1 is 1.03 bits per heavy atom. The highest BCUT2D eigenvalue weighted by molar-refractivity contribution is 6.05. The monoisotopic (exact) mass is 393 g/mol. The van der Waals surface area contributed by atoms with E-state index in [0.717, 1.165) is 31.0 Å². The number of rotatable bonds is 8. The number of nitrogens with one attached hydrogen (secondary N) is 2. The minimum absolute atomic E-state index is 0.116. The molecule has 0 aliphatic carbocycles. The van der Waals surface area contributed by atoms with Crippen molar-refractivity contribution in [3.63, 3.8) is 0 Å². The third-order valence-corrected chi connectivity index (χ3v) is 4.86. The number of anilines is 1. The van der Waals surface area contributed by atoms with Gasteiger partial charge < -0.3 is 19.9 Å². The molecule has 0 radical (unpaired) electrons. The van der Waals surface area contributed by atoms with Gasteiger partial charge in [0.05, 0.1) is 5.69 Å². The van der Waals surface area contributed by atoms with Gasteiger partial charge in [0, 0.05) is 42.3 Å². The molecule has 0 unspecified atom stereocenters. The molecule has 2 amide bonds. The van der Waals surface area contributed by atoms with E-state index in [4.69, 9.17) is 0 Å². The van der Waals surface area contributed by atoms with Gasteiger partial charge in [-0.05, 0) is 56.4 Å². The molecule has 152 valence electrons. The zero-order valence-corrected chi connectivity index (χ0v) is 17.1. The Morgan fingerprint density at radius 2 is 1.76 bits per heavy atom. The van der Waals surface area contributed by atoms with Gasteiger partial charge in [-0.25, -0.2) is 4.98 Å². The van der Waals surface area contributed by atoms with Gasteiger partial charge in [0.2, 0.25) is 0 Å². The number of aromatic nitrogens is 2. The Balaban J connectivity index is 1.57. The van der Waals surface area contributed by atoms with E-state index in [9.17, 15) is 9.59 Å². The SMILES string of the molecule is CCN(CC)CCNC(=O)c1ccc(NC(=O)c2ccn3cc(C)nc3c2)cc1. The Labute approximate surface area is 170 Å². The Kier molecular flexibility index (Phi) is 6.61. The smallest absolute Gasteiger partial charge is 0.255 e. The second-order valence-electron chi connectivity index (χ2n) is 6.88. The highest BCUT2D eigenvalue weighted by Gasteiger charge is 2.10. The molecule has 0 aliphatic heterocycles. The van der Waals surface area contributed by atoms with E-state index in [1.807, 2.05) is 23.7 Å². The summed E-state index contributed by atoms with van der Waals surface area (Å²) in [5, 5.41) is 5.78. The summed E-state index contributed by atoms with van der Waals surface area (Å²) in [5.41, 5.74) is 3.35. The minimum Gasteiger partial charge on any atom is -0.351 e. The molecule has 2 heterocycles. The number of benzene rings is 1. The molecule has 0 saturated carbocycles. The van der Waals surface area contributed by atoms with Crippen molar-refractivity contribution in [3.8, 4) is 0 Å². The minimum atomic E-state index is -0.218. The van der Waals surface area contributed by atoms with Gasteiger partial charge in [0.15, 0.2) is 0 Å². The van der Waals surface area contributed by atoms with Gasteiger partial charge in [-0.3, -0.25) is 9.59 Å². The van der Waals surface area contributed by atoms with Crippen molar-refractivity contribution in [1.82, 2.24) is 19.6 Å². The number of pyridine rings is 1. The fourth-order valence-corrected chi connectivity index (χ4v) is 3.13. The molecule has 3 aromatic rings. The summed E-state index contributed by atoms with van der Waals surface area (Å²) in [6.07, 6.45) is 3.72. The molecular weight excluding hydrogens is 366 g/mol. The van der Waals surface area contributed by atoms with Crippen LogP contribution >= 0.6 is 0 Å². The van der Waals surface area contributed by atoms with Crippen molar-refractivity contribution in [2.75, 3.05) is 31.5 Å². The second-order valence-corrected chi connectivity index (χ2v) is 6.88. The van der Waals surface area contributed by atoms with Gasteiger partial charge in [0.25, 0.3) is 11.8 Å². The van der Waals surface area contributed by atoms with Crippen LogP contribution in [-0.4, -0.2) is 52.3 Å². The summed E-state index contributed by atoms with van der Waals surface area (Å²) in [5.74, 6) is -0.334. The summed E-state index contributed by atoms with van der Waals surface area (Å²) in [6, 6.07) is 10.4. The van der Waals surface area contributed by atoms with E-state index in [1.54, 1.807) is 36.4 Å². The summed E-state index contributed by atoms with van der Waals surface area (Å²) in [4.78, 5) is 31.4. The van der Waals surface area contributed by atoms with Crippen LogP contribution in [0.25, 0.3) is 5.65 Å². The number of likely N-dealkylation sites (N-methyl/N-ethyl adjacent to an activating group) is 1. The van der Waals surface area contributed by atoms with Crippen LogP contribution in [0.2, 0.25) is 0 Å². The largest absolute Gasteiger partial charge is 0.351 e. The van der Waals surface area contributed by atoms with Crippen molar-refractivity contribution in [3.05, 3.63) is 65.6 Å². The van der Waals surface area contributed by atoms with Crippen molar-refractivity contribution in [2.24, 2.45) is 0 Å². The highest BCUT2D eigenvalue weighted by Crippen LogP contribution is 2.13. The van der Waals surface area contributed by atoms with Crippen LogP contribution < -0.4 is 10.6 Å². The number of amides is 2. The molecule has 0 aliphatic rings. The van der Waals surface area contributed by atoms with E-state index in [1.165, 1.54) is 0 Å². The van der Waals surface area contributed by atoms with E-state index in [-0.39, 0.29) is 11.8 Å². The van der Waals surface area contributed by atoms with Crippen LogP contribution in [0.5, 0.6) is 0 Å². The number of aryl methyl sites for hydroxylation is 1. The molecule has 0 bridgehead atoms. The number of imidazole rings is 1. The molecule has 0 spiro atoms. The summed E-state index contributed by atoms with van der Waals surface area (Å²) in [7, 11) is 0. The predicted octanol–water partition coefficient (Wildman–Crippen LogP) is 2.97. The van der Waals surface area contributed by atoms with Crippen LogP contribution in [0.1, 0.15) is 40.3 Å². The number of fused-ring (bicyclic) bond motifs is 1. The number of hydrogen-bond acceptors (Lipinski definition) is 4. The number of carbonyl (C=O) groups excluding carboxylic acids is 2. The van der Waals surface area contributed by atoms with Crippen molar-refractivity contribution < 1.29 is 9.59 Å². The van der Waals surface area contributed by atoms with Crippen LogP contribution in [0.15, 0.2) is 48.8 Å². The zero-order valence-electron chi connectivity index (χ0n) is 17.1. The topological polar surface area (TPSA) is 78.7 Å². The summed E-state index contributed by atoms with van der Waals surface area (Å²) in [6.45, 7) is 9.48. The maximum absolute atomic E-state index is 12.5. The average molecular weight is 393 g/mol. The van der Waals surface area contributed by atoms with Crippen molar-refractivity contribution >= 4 is 23.1 Å². The molecule has 0 atom stereocenters. The van der Waals surface area contributed by atoms with Crippen LogP contribution in [0, 0.1) is 6.92 Å².